The van der Waals surface area contributed by atoms with Gasteiger partial charge in [-0.2, -0.15) is 0 Å². The van der Waals surface area contributed by atoms with Crippen LogP contribution in [0.15, 0.2) is 48.5 Å². The highest BCUT2D eigenvalue weighted by atomic mass is 19.1. The molecule has 1 atom stereocenters. The first-order chi connectivity index (χ1) is 11.6. The molecule has 0 unspecified atom stereocenters. The SMILES string of the molecule is COc1ccc(N2C[C@H](NC(=O)c3ccccc3F)CC2=O)cc1. The number of rotatable bonds is 4. The lowest BCUT2D eigenvalue weighted by atomic mass is 10.1. The number of benzene rings is 2. The third-order valence-corrected chi connectivity index (χ3v) is 3.96. The fourth-order valence-electron chi connectivity index (χ4n) is 2.72. The van der Waals surface area contributed by atoms with Gasteiger partial charge in [0.1, 0.15) is 11.6 Å². The normalized spacial score (nSPS) is 17.0. The van der Waals surface area contributed by atoms with Crippen LogP contribution in [-0.2, 0) is 4.79 Å². The number of ether oxygens (including phenoxy) is 1. The highest BCUT2D eigenvalue weighted by molar-refractivity contribution is 5.99. The molecule has 1 fully saturated rings. The Hall–Kier alpha value is -2.89. The summed E-state index contributed by atoms with van der Waals surface area (Å²) in [5.74, 6) is -0.470. The van der Waals surface area contributed by atoms with Gasteiger partial charge in [0.05, 0.1) is 18.7 Å². The number of carbonyl (C=O) groups excluding carboxylic acids is 2. The minimum absolute atomic E-state index is 0.0205. The zero-order valence-corrected chi connectivity index (χ0v) is 13.2. The van der Waals surface area contributed by atoms with Crippen molar-refractivity contribution in [2.75, 3.05) is 18.6 Å². The van der Waals surface area contributed by atoms with Gasteiger partial charge >= 0.3 is 0 Å². The molecule has 0 saturated carbocycles. The van der Waals surface area contributed by atoms with Gasteiger partial charge in [-0.05, 0) is 36.4 Å². The molecule has 0 aliphatic carbocycles. The van der Waals surface area contributed by atoms with E-state index < -0.39 is 11.7 Å². The predicted octanol–water partition coefficient (Wildman–Crippen LogP) is 2.37. The monoisotopic (exact) mass is 328 g/mol. The number of amides is 2. The number of nitrogens with one attached hydrogen (secondary N) is 1. The fourth-order valence-corrected chi connectivity index (χ4v) is 2.72. The number of nitrogens with zero attached hydrogens (tertiary/aromatic N) is 1. The zero-order chi connectivity index (χ0) is 17.1. The Morgan fingerprint density at radius 2 is 1.92 bits per heavy atom. The Bertz CT molecular complexity index is 761. The molecule has 1 aliphatic heterocycles. The van der Waals surface area contributed by atoms with Crippen molar-refractivity contribution in [2.24, 2.45) is 0 Å². The fraction of sp³-hybridized carbons (Fsp3) is 0.222. The van der Waals surface area contributed by atoms with Crippen LogP contribution in [0.4, 0.5) is 10.1 Å². The molecule has 1 saturated heterocycles. The smallest absolute Gasteiger partial charge is 0.254 e. The second-order valence-electron chi connectivity index (χ2n) is 5.56. The summed E-state index contributed by atoms with van der Waals surface area (Å²) in [4.78, 5) is 26.0. The molecule has 3 rings (SSSR count). The number of hydrogen-bond acceptors (Lipinski definition) is 3. The Balaban J connectivity index is 1.68. The van der Waals surface area contributed by atoms with Crippen LogP contribution in [0.2, 0.25) is 0 Å². The minimum atomic E-state index is -0.577. The minimum Gasteiger partial charge on any atom is -0.497 e. The maximum Gasteiger partial charge on any atom is 0.254 e. The molecule has 6 heteroatoms. The van der Waals surface area contributed by atoms with E-state index in [0.29, 0.717) is 12.3 Å². The first-order valence-electron chi connectivity index (χ1n) is 7.58. The average molecular weight is 328 g/mol. The van der Waals surface area contributed by atoms with Gasteiger partial charge in [-0.15, -0.1) is 0 Å². The van der Waals surface area contributed by atoms with Crippen molar-refractivity contribution in [1.29, 1.82) is 0 Å². The van der Waals surface area contributed by atoms with Gasteiger partial charge in [-0.1, -0.05) is 12.1 Å². The van der Waals surface area contributed by atoms with Crippen molar-refractivity contribution >= 4 is 17.5 Å². The summed E-state index contributed by atoms with van der Waals surface area (Å²) in [5.41, 5.74) is 0.719. The molecule has 0 spiro atoms. The number of hydrogen-bond donors (Lipinski definition) is 1. The largest absolute Gasteiger partial charge is 0.497 e. The first kappa shape index (κ1) is 16.0. The van der Waals surface area contributed by atoms with E-state index in [4.69, 9.17) is 4.74 Å². The van der Waals surface area contributed by atoms with Gasteiger partial charge in [-0.25, -0.2) is 4.39 Å². The molecule has 24 heavy (non-hydrogen) atoms. The number of halogens is 1. The van der Waals surface area contributed by atoms with Gasteiger partial charge in [0, 0.05) is 18.7 Å². The average Bonchev–Trinajstić information content (AvgIpc) is 2.95. The zero-order valence-electron chi connectivity index (χ0n) is 13.2. The second-order valence-corrected chi connectivity index (χ2v) is 5.56. The predicted molar refractivity (Wildman–Crippen MR) is 87.6 cm³/mol. The van der Waals surface area contributed by atoms with Crippen LogP contribution in [0.5, 0.6) is 5.75 Å². The molecule has 1 N–H and O–H groups in total. The Morgan fingerprint density at radius 3 is 2.58 bits per heavy atom. The van der Waals surface area contributed by atoms with E-state index in [0.717, 1.165) is 5.69 Å². The van der Waals surface area contributed by atoms with Gasteiger partial charge in [0.2, 0.25) is 5.91 Å². The summed E-state index contributed by atoms with van der Waals surface area (Å²) >= 11 is 0. The second kappa shape index (κ2) is 6.70. The van der Waals surface area contributed by atoms with Crippen molar-refractivity contribution in [3.63, 3.8) is 0 Å². The van der Waals surface area contributed by atoms with Crippen LogP contribution < -0.4 is 15.0 Å². The maximum atomic E-state index is 13.7. The number of methoxy groups -OCH3 is 1. The molecular weight excluding hydrogens is 311 g/mol. The van der Waals surface area contributed by atoms with Crippen LogP contribution in [-0.4, -0.2) is 31.5 Å². The quantitative estimate of drug-likeness (QED) is 0.937. The molecule has 0 aromatic heterocycles. The summed E-state index contributed by atoms with van der Waals surface area (Å²) in [6.07, 6.45) is 0.187. The van der Waals surface area contributed by atoms with E-state index in [1.807, 2.05) is 0 Å². The first-order valence-corrected chi connectivity index (χ1v) is 7.58. The topological polar surface area (TPSA) is 58.6 Å². The number of anilines is 1. The Kier molecular flexibility index (Phi) is 4.46. The van der Waals surface area contributed by atoms with Crippen LogP contribution >= 0.6 is 0 Å². The van der Waals surface area contributed by atoms with E-state index in [-0.39, 0.29) is 23.9 Å². The summed E-state index contributed by atoms with van der Waals surface area (Å²) in [6, 6.07) is 12.5. The van der Waals surface area contributed by atoms with Crippen molar-refractivity contribution < 1.29 is 18.7 Å². The lowest BCUT2D eigenvalue weighted by Crippen LogP contribution is -2.37. The summed E-state index contributed by atoms with van der Waals surface area (Å²) in [7, 11) is 1.57. The van der Waals surface area contributed by atoms with Crippen molar-refractivity contribution in [1.82, 2.24) is 5.32 Å². The Labute approximate surface area is 139 Å². The van der Waals surface area contributed by atoms with Crippen LogP contribution in [0.3, 0.4) is 0 Å². The van der Waals surface area contributed by atoms with E-state index in [2.05, 4.69) is 5.32 Å². The Morgan fingerprint density at radius 1 is 1.21 bits per heavy atom. The standard InChI is InChI=1S/C18H17FN2O3/c1-24-14-8-6-13(7-9-14)21-11-12(10-17(21)22)20-18(23)15-4-2-3-5-16(15)19/h2-9,12H,10-11H2,1H3,(H,20,23)/t12-/m1/s1. The van der Waals surface area contributed by atoms with E-state index in [9.17, 15) is 14.0 Å². The molecule has 2 aromatic carbocycles. The summed E-state index contributed by atoms with van der Waals surface area (Å²) in [5, 5.41) is 2.72. The van der Waals surface area contributed by atoms with E-state index in [1.54, 1.807) is 42.3 Å². The van der Waals surface area contributed by atoms with E-state index >= 15 is 0 Å². The lowest BCUT2D eigenvalue weighted by Gasteiger charge is -2.17. The van der Waals surface area contributed by atoms with Gasteiger partial charge in [0.25, 0.3) is 5.91 Å². The van der Waals surface area contributed by atoms with Crippen molar-refractivity contribution in [3.05, 3.63) is 59.9 Å². The van der Waals surface area contributed by atoms with E-state index in [1.165, 1.54) is 18.2 Å². The molecule has 0 bridgehead atoms. The van der Waals surface area contributed by atoms with Gasteiger partial charge in [-0.3, -0.25) is 9.59 Å². The van der Waals surface area contributed by atoms with Crippen molar-refractivity contribution in [2.45, 2.75) is 12.5 Å². The molecule has 5 nitrogen and oxygen atoms in total. The molecule has 1 heterocycles. The lowest BCUT2D eigenvalue weighted by molar-refractivity contribution is -0.117. The van der Waals surface area contributed by atoms with Crippen LogP contribution in [0.1, 0.15) is 16.8 Å². The number of carbonyl (C=O) groups is 2. The highest BCUT2D eigenvalue weighted by Gasteiger charge is 2.32. The molecule has 124 valence electrons. The molecular formula is C18H17FN2O3. The van der Waals surface area contributed by atoms with Crippen LogP contribution in [0.25, 0.3) is 0 Å². The molecule has 0 radical (unpaired) electrons. The molecule has 2 amide bonds. The summed E-state index contributed by atoms with van der Waals surface area (Å²) < 4.78 is 18.8. The molecule has 2 aromatic rings. The third-order valence-electron chi connectivity index (χ3n) is 3.96. The third kappa shape index (κ3) is 3.22. The van der Waals surface area contributed by atoms with Crippen LogP contribution in [0, 0.1) is 5.82 Å². The van der Waals surface area contributed by atoms with Gasteiger partial charge < -0.3 is 15.0 Å². The molecule has 1 aliphatic rings. The maximum absolute atomic E-state index is 13.7. The van der Waals surface area contributed by atoms with Crippen molar-refractivity contribution in [3.8, 4) is 5.75 Å². The summed E-state index contributed by atoms with van der Waals surface area (Å²) in [6.45, 7) is 0.353. The highest BCUT2D eigenvalue weighted by Crippen LogP contribution is 2.24. The van der Waals surface area contributed by atoms with Gasteiger partial charge in [0.15, 0.2) is 0 Å².